The number of hydrogen-bond donors (Lipinski definition) is 1. The molecule has 1 heterocycles. The van der Waals surface area contributed by atoms with E-state index >= 15 is 0 Å². The molecule has 0 aromatic heterocycles. The average molecular weight is 282 g/mol. The number of rotatable bonds is 3. The zero-order valence-corrected chi connectivity index (χ0v) is 12.5. The summed E-state index contributed by atoms with van der Waals surface area (Å²) in [5, 5.41) is 9.34. The molecule has 3 nitrogen and oxygen atoms in total. The maximum atomic E-state index is 9.34. The van der Waals surface area contributed by atoms with E-state index in [4.69, 9.17) is 0 Å². The third kappa shape index (κ3) is 3.63. The van der Waals surface area contributed by atoms with Crippen molar-refractivity contribution in [3.63, 3.8) is 0 Å². The van der Waals surface area contributed by atoms with Gasteiger partial charge in [-0.15, -0.1) is 0 Å². The molecule has 3 heteroatoms. The first kappa shape index (κ1) is 14.1. The Balaban J connectivity index is 1.65. The summed E-state index contributed by atoms with van der Waals surface area (Å²) in [6.45, 7) is 5.65. The topological polar surface area (TPSA) is 26.7 Å². The predicted octanol–water partition coefficient (Wildman–Crippen LogP) is 2.81. The van der Waals surface area contributed by atoms with Crippen LogP contribution in [0.1, 0.15) is 5.56 Å². The first-order valence-electron chi connectivity index (χ1n) is 7.50. The first-order chi connectivity index (χ1) is 10.2. The lowest BCUT2D eigenvalue weighted by Gasteiger charge is -2.32. The van der Waals surface area contributed by atoms with Crippen molar-refractivity contribution < 1.29 is 5.11 Å². The van der Waals surface area contributed by atoms with E-state index in [0.717, 1.165) is 38.3 Å². The fraction of sp³-hybridized carbons (Fsp3) is 0.333. The molecule has 110 valence electrons. The van der Waals surface area contributed by atoms with Crippen LogP contribution in [0.2, 0.25) is 0 Å². The van der Waals surface area contributed by atoms with Gasteiger partial charge >= 0.3 is 0 Å². The highest BCUT2D eigenvalue weighted by atomic mass is 16.3. The maximum absolute atomic E-state index is 9.34. The van der Waals surface area contributed by atoms with E-state index in [2.05, 4.69) is 41.1 Å². The quantitative estimate of drug-likeness (QED) is 0.938. The van der Waals surface area contributed by atoms with Crippen molar-refractivity contribution >= 4 is 0 Å². The zero-order valence-electron chi connectivity index (χ0n) is 12.5. The van der Waals surface area contributed by atoms with Crippen molar-refractivity contribution in [3.8, 4) is 16.9 Å². The summed E-state index contributed by atoms with van der Waals surface area (Å²) in [7, 11) is 2.18. The Hall–Kier alpha value is -1.84. The summed E-state index contributed by atoms with van der Waals surface area (Å²) in [6, 6.07) is 16.1. The van der Waals surface area contributed by atoms with Gasteiger partial charge in [-0.3, -0.25) is 4.90 Å². The van der Waals surface area contributed by atoms with Gasteiger partial charge in [0.25, 0.3) is 0 Å². The second-order valence-corrected chi connectivity index (χ2v) is 5.82. The number of benzene rings is 2. The van der Waals surface area contributed by atoms with Crippen molar-refractivity contribution in [2.24, 2.45) is 0 Å². The number of phenolic OH excluding ortho intramolecular Hbond substituents is 1. The van der Waals surface area contributed by atoms with E-state index in [1.165, 1.54) is 11.1 Å². The summed E-state index contributed by atoms with van der Waals surface area (Å²) in [5.41, 5.74) is 3.69. The second-order valence-electron chi connectivity index (χ2n) is 5.82. The standard InChI is InChI=1S/C18H22N2O/c1-19-10-12-20(13-11-19)14-15-2-4-16(5-3-15)17-6-8-18(21)9-7-17/h2-9,21H,10-14H2,1H3. The van der Waals surface area contributed by atoms with Gasteiger partial charge in [0, 0.05) is 32.7 Å². The Kier molecular flexibility index (Phi) is 4.23. The highest BCUT2D eigenvalue weighted by Gasteiger charge is 2.13. The maximum Gasteiger partial charge on any atom is 0.115 e. The minimum absolute atomic E-state index is 0.311. The van der Waals surface area contributed by atoms with Crippen LogP contribution in [0.15, 0.2) is 48.5 Å². The minimum Gasteiger partial charge on any atom is -0.508 e. The molecule has 0 saturated carbocycles. The monoisotopic (exact) mass is 282 g/mol. The number of likely N-dealkylation sites (N-methyl/N-ethyl adjacent to an activating group) is 1. The molecular weight excluding hydrogens is 260 g/mol. The van der Waals surface area contributed by atoms with E-state index in [1.807, 2.05) is 12.1 Å². The van der Waals surface area contributed by atoms with Gasteiger partial charge in [0.1, 0.15) is 5.75 Å². The molecule has 1 N–H and O–H groups in total. The average Bonchev–Trinajstić information content (AvgIpc) is 2.51. The van der Waals surface area contributed by atoms with Crippen molar-refractivity contribution in [3.05, 3.63) is 54.1 Å². The molecule has 0 spiro atoms. The summed E-state index contributed by atoms with van der Waals surface area (Å²) in [5.74, 6) is 0.311. The van der Waals surface area contributed by atoms with Gasteiger partial charge in [0.2, 0.25) is 0 Å². The van der Waals surface area contributed by atoms with Gasteiger partial charge in [0.05, 0.1) is 0 Å². The van der Waals surface area contributed by atoms with Gasteiger partial charge in [-0.25, -0.2) is 0 Å². The highest BCUT2D eigenvalue weighted by Crippen LogP contribution is 2.22. The Morgan fingerprint density at radius 2 is 1.33 bits per heavy atom. The van der Waals surface area contributed by atoms with Crippen molar-refractivity contribution in [2.45, 2.75) is 6.54 Å². The van der Waals surface area contributed by atoms with Crippen molar-refractivity contribution in [1.82, 2.24) is 9.80 Å². The fourth-order valence-corrected chi connectivity index (χ4v) is 2.72. The largest absolute Gasteiger partial charge is 0.508 e. The molecule has 0 atom stereocenters. The third-order valence-corrected chi connectivity index (χ3v) is 4.16. The molecule has 0 aliphatic carbocycles. The zero-order chi connectivity index (χ0) is 14.7. The van der Waals surface area contributed by atoms with Crippen LogP contribution in [-0.2, 0) is 6.54 Å². The molecule has 1 aliphatic rings. The number of aromatic hydroxyl groups is 1. The van der Waals surface area contributed by atoms with E-state index in [-0.39, 0.29) is 0 Å². The molecule has 2 aromatic carbocycles. The summed E-state index contributed by atoms with van der Waals surface area (Å²) < 4.78 is 0. The Labute approximate surface area is 126 Å². The lowest BCUT2D eigenvalue weighted by molar-refractivity contribution is 0.148. The van der Waals surface area contributed by atoms with Gasteiger partial charge < -0.3 is 10.0 Å². The van der Waals surface area contributed by atoms with Crippen LogP contribution < -0.4 is 0 Å². The lowest BCUT2D eigenvalue weighted by Crippen LogP contribution is -2.43. The molecule has 0 unspecified atom stereocenters. The van der Waals surface area contributed by atoms with Crippen LogP contribution >= 0.6 is 0 Å². The van der Waals surface area contributed by atoms with Crippen LogP contribution in [0.3, 0.4) is 0 Å². The third-order valence-electron chi connectivity index (χ3n) is 4.16. The molecule has 0 amide bonds. The van der Waals surface area contributed by atoms with Crippen LogP contribution in [0, 0.1) is 0 Å². The number of phenols is 1. The van der Waals surface area contributed by atoms with E-state index in [9.17, 15) is 5.11 Å². The van der Waals surface area contributed by atoms with Gasteiger partial charge in [-0.05, 0) is 35.9 Å². The summed E-state index contributed by atoms with van der Waals surface area (Å²) in [4.78, 5) is 4.89. The highest BCUT2D eigenvalue weighted by molar-refractivity contribution is 5.64. The number of piperazine rings is 1. The molecular formula is C18H22N2O. The number of hydrogen-bond acceptors (Lipinski definition) is 3. The summed E-state index contributed by atoms with van der Waals surface area (Å²) in [6.07, 6.45) is 0. The van der Waals surface area contributed by atoms with Crippen molar-refractivity contribution in [2.75, 3.05) is 33.2 Å². The second kappa shape index (κ2) is 6.29. The molecule has 1 aliphatic heterocycles. The molecule has 0 bridgehead atoms. The van der Waals surface area contributed by atoms with E-state index < -0.39 is 0 Å². The first-order valence-corrected chi connectivity index (χ1v) is 7.50. The SMILES string of the molecule is CN1CCN(Cc2ccc(-c3ccc(O)cc3)cc2)CC1. The molecule has 2 aromatic rings. The van der Waals surface area contributed by atoms with Gasteiger partial charge in [0.15, 0.2) is 0 Å². The van der Waals surface area contributed by atoms with Crippen LogP contribution in [0.4, 0.5) is 0 Å². The van der Waals surface area contributed by atoms with Gasteiger partial charge in [-0.1, -0.05) is 36.4 Å². The molecule has 1 saturated heterocycles. The van der Waals surface area contributed by atoms with Crippen LogP contribution in [-0.4, -0.2) is 48.1 Å². The Morgan fingerprint density at radius 1 is 0.810 bits per heavy atom. The molecule has 3 rings (SSSR count). The van der Waals surface area contributed by atoms with Crippen molar-refractivity contribution in [1.29, 1.82) is 0 Å². The lowest BCUT2D eigenvalue weighted by atomic mass is 10.0. The van der Waals surface area contributed by atoms with E-state index in [1.54, 1.807) is 12.1 Å². The normalized spacial score (nSPS) is 17.0. The predicted molar refractivity (Wildman–Crippen MR) is 86.3 cm³/mol. The van der Waals surface area contributed by atoms with Crippen LogP contribution in [0.5, 0.6) is 5.75 Å². The van der Waals surface area contributed by atoms with E-state index in [0.29, 0.717) is 5.75 Å². The fourth-order valence-electron chi connectivity index (χ4n) is 2.72. The number of nitrogens with zero attached hydrogens (tertiary/aromatic N) is 2. The Morgan fingerprint density at radius 3 is 1.90 bits per heavy atom. The molecule has 21 heavy (non-hydrogen) atoms. The molecule has 0 radical (unpaired) electrons. The van der Waals surface area contributed by atoms with Crippen LogP contribution in [0.25, 0.3) is 11.1 Å². The van der Waals surface area contributed by atoms with Gasteiger partial charge in [-0.2, -0.15) is 0 Å². The summed E-state index contributed by atoms with van der Waals surface area (Å²) >= 11 is 0. The minimum atomic E-state index is 0.311. The molecule has 1 fully saturated rings. The Bertz CT molecular complexity index is 569. The smallest absolute Gasteiger partial charge is 0.115 e.